The van der Waals surface area contributed by atoms with Crippen LogP contribution in [-0.4, -0.2) is 51.2 Å². The highest BCUT2D eigenvalue weighted by Gasteiger charge is 2.27. The van der Waals surface area contributed by atoms with Crippen LogP contribution in [0.15, 0.2) is 29.1 Å². The second-order valence-electron chi connectivity index (χ2n) is 9.55. The number of amides is 2. The van der Waals surface area contributed by atoms with E-state index in [0.29, 0.717) is 36.2 Å². The number of ether oxygens (including phenoxy) is 1. The van der Waals surface area contributed by atoms with Crippen molar-refractivity contribution < 1.29 is 14.3 Å². The highest BCUT2D eigenvalue weighted by atomic mass is 32.1. The van der Waals surface area contributed by atoms with E-state index in [0.717, 1.165) is 37.6 Å². The van der Waals surface area contributed by atoms with E-state index in [1.54, 1.807) is 15.5 Å². The highest BCUT2D eigenvalue weighted by Crippen LogP contribution is 2.16. The van der Waals surface area contributed by atoms with Crippen LogP contribution < -0.4 is 10.9 Å². The lowest BCUT2D eigenvalue weighted by Gasteiger charge is -2.33. The zero-order chi connectivity index (χ0) is 24.0. The van der Waals surface area contributed by atoms with Gasteiger partial charge in [-0.15, -0.1) is 0 Å². The number of aromatic amines is 1. The lowest BCUT2D eigenvalue weighted by Crippen LogP contribution is -2.47. The number of H-pyrrole nitrogens is 1. The first-order valence-electron chi connectivity index (χ1n) is 11.6. The van der Waals surface area contributed by atoms with E-state index in [1.165, 1.54) is 0 Å². The van der Waals surface area contributed by atoms with Crippen molar-refractivity contribution in [1.82, 2.24) is 19.8 Å². The van der Waals surface area contributed by atoms with Gasteiger partial charge in [0.15, 0.2) is 4.77 Å². The standard InChI is InChI=1S/C24H34N4O4S/c1-24(2,3)32-23(31)27-15-12-17(13-16-27)25-20(29)11-5-4-8-14-28-21(30)18-9-6-7-10-19(18)26-22(28)33/h6-7,9-10,17H,4-5,8,11-16H2,1-3H3,(H,25,29)(H,26,33). The Morgan fingerprint density at radius 1 is 1.15 bits per heavy atom. The van der Waals surface area contributed by atoms with Crippen molar-refractivity contribution in [2.24, 2.45) is 0 Å². The Balaban J connectivity index is 1.36. The lowest BCUT2D eigenvalue weighted by atomic mass is 10.0. The normalized spacial score (nSPS) is 14.9. The van der Waals surface area contributed by atoms with Gasteiger partial charge in [-0.25, -0.2) is 4.79 Å². The lowest BCUT2D eigenvalue weighted by molar-refractivity contribution is -0.122. The van der Waals surface area contributed by atoms with Gasteiger partial charge in [0.1, 0.15) is 5.60 Å². The Bertz CT molecular complexity index is 1090. The summed E-state index contributed by atoms with van der Waals surface area (Å²) in [6, 6.07) is 7.43. The first-order valence-corrected chi connectivity index (χ1v) is 12.0. The smallest absolute Gasteiger partial charge is 0.410 e. The third-order valence-corrected chi connectivity index (χ3v) is 6.01. The number of benzene rings is 1. The molecule has 1 aromatic carbocycles. The zero-order valence-corrected chi connectivity index (χ0v) is 20.5. The molecule has 0 spiro atoms. The maximum Gasteiger partial charge on any atom is 0.410 e. The van der Waals surface area contributed by atoms with Gasteiger partial charge in [-0.2, -0.15) is 0 Å². The number of nitrogens with zero attached hydrogens (tertiary/aromatic N) is 2. The van der Waals surface area contributed by atoms with Crippen LogP contribution in [0.3, 0.4) is 0 Å². The van der Waals surface area contributed by atoms with E-state index >= 15 is 0 Å². The molecule has 0 unspecified atom stereocenters. The Kier molecular flexibility index (Phi) is 8.29. The summed E-state index contributed by atoms with van der Waals surface area (Å²) in [4.78, 5) is 41.9. The van der Waals surface area contributed by atoms with E-state index in [-0.39, 0.29) is 23.6 Å². The fourth-order valence-electron chi connectivity index (χ4n) is 3.97. The van der Waals surface area contributed by atoms with Gasteiger partial charge in [-0.3, -0.25) is 14.2 Å². The quantitative estimate of drug-likeness (QED) is 0.465. The number of nitrogens with one attached hydrogen (secondary N) is 2. The monoisotopic (exact) mass is 474 g/mol. The maximum atomic E-state index is 12.7. The van der Waals surface area contributed by atoms with Crippen molar-refractivity contribution in [3.05, 3.63) is 39.4 Å². The molecule has 2 N–H and O–H groups in total. The number of fused-ring (bicyclic) bond motifs is 1. The summed E-state index contributed by atoms with van der Waals surface area (Å²) in [5.41, 5.74) is 0.164. The Labute approximate surface area is 199 Å². The molecular weight excluding hydrogens is 440 g/mol. The fourth-order valence-corrected chi connectivity index (χ4v) is 4.25. The Hall–Kier alpha value is -2.68. The molecule has 0 atom stereocenters. The molecule has 0 aliphatic carbocycles. The van der Waals surface area contributed by atoms with Crippen molar-refractivity contribution in [1.29, 1.82) is 0 Å². The van der Waals surface area contributed by atoms with Crippen molar-refractivity contribution in [2.75, 3.05) is 13.1 Å². The molecule has 1 aliphatic heterocycles. The second kappa shape index (κ2) is 11.0. The third kappa shape index (κ3) is 7.15. The summed E-state index contributed by atoms with van der Waals surface area (Å²) < 4.78 is 7.43. The van der Waals surface area contributed by atoms with Crippen LogP contribution in [0.25, 0.3) is 10.9 Å². The molecule has 1 saturated heterocycles. The number of hydrogen-bond donors (Lipinski definition) is 2. The minimum Gasteiger partial charge on any atom is -0.444 e. The van der Waals surface area contributed by atoms with E-state index in [1.807, 2.05) is 39.0 Å². The zero-order valence-electron chi connectivity index (χ0n) is 19.7. The first-order chi connectivity index (χ1) is 15.6. The van der Waals surface area contributed by atoms with Crippen LogP contribution in [-0.2, 0) is 16.1 Å². The highest BCUT2D eigenvalue weighted by molar-refractivity contribution is 7.71. The van der Waals surface area contributed by atoms with Crippen molar-refractivity contribution >= 4 is 35.1 Å². The van der Waals surface area contributed by atoms with Gasteiger partial charge in [-0.1, -0.05) is 18.6 Å². The minimum atomic E-state index is -0.505. The Morgan fingerprint density at radius 2 is 1.85 bits per heavy atom. The van der Waals surface area contributed by atoms with Gasteiger partial charge in [0.2, 0.25) is 5.91 Å². The molecule has 33 heavy (non-hydrogen) atoms. The van der Waals surface area contributed by atoms with Crippen LogP contribution >= 0.6 is 12.2 Å². The Morgan fingerprint density at radius 3 is 2.55 bits per heavy atom. The predicted molar refractivity (Wildman–Crippen MR) is 131 cm³/mol. The van der Waals surface area contributed by atoms with Crippen molar-refractivity contribution in [2.45, 2.75) is 77.5 Å². The molecule has 0 bridgehead atoms. The van der Waals surface area contributed by atoms with Gasteiger partial charge in [-0.05, 0) is 70.8 Å². The first kappa shape index (κ1) is 25.0. The predicted octanol–water partition coefficient (Wildman–Crippen LogP) is 4.14. The number of piperidine rings is 1. The molecule has 9 heteroatoms. The third-order valence-electron chi connectivity index (χ3n) is 5.69. The average molecular weight is 475 g/mol. The molecule has 0 radical (unpaired) electrons. The van der Waals surface area contributed by atoms with Crippen LogP contribution in [0.1, 0.15) is 59.3 Å². The van der Waals surface area contributed by atoms with Crippen LogP contribution in [0.4, 0.5) is 4.79 Å². The van der Waals surface area contributed by atoms with Gasteiger partial charge in [0.25, 0.3) is 5.56 Å². The molecule has 2 aromatic rings. The summed E-state index contributed by atoms with van der Waals surface area (Å²) in [6.45, 7) is 7.26. The van der Waals surface area contributed by atoms with Crippen LogP contribution in [0.2, 0.25) is 0 Å². The summed E-state index contributed by atoms with van der Waals surface area (Å²) in [6.07, 6.45) is 3.97. The van der Waals surface area contributed by atoms with E-state index in [4.69, 9.17) is 17.0 Å². The number of unbranched alkanes of at least 4 members (excludes halogenated alkanes) is 2. The number of carbonyl (C=O) groups excluding carboxylic acids is 2. The van der Waals surface area contributed by atoms with Crippen LogP contribution in [0, 0.1) is 4.77 Å². The van der Waals surface area contributed by atoms with Crippen molar-refractivity contribution in [3.63, 3.8) is 0 Å². The van der Waals surface area contributed by atoms with Crippen molar-refractivity contribution in [3.8, 4) is 0 Å². The molecule has 1 aromatic heterocycles. The number of rotatable bonds is 7. The maximum absolute atomic E-state index is 12.7. The van der Waals surface area contributed by atoms with Crippen LogP contribution in [0.5, 0.6) is 0 Å². The molecule has 180 valence electrons. The topological polar surface area (TPSA) is 96.4 Å². The molecule has 8 nitrogen and oxygen atoms in total. The number of likely N-dealkylation sites (tertiary alicyclic amines) is 1. The fraction of sp³-hybridized carbons (Fsp3) is 0.583. The van der Waals surface area contributed by atoms with E-state index in [9.17, 15) is 14.4 Å². The summed E-state index contributed by atoms with van der Waals surface area (Å²) in [7, 11) is 0. The number of para-hydroxylation sites is 1. The number of carbonyl (C=O) groups is 2. The minimum absolute atomic E-state index is 0.0332. The largest absolute Gasteiger partial charge is 0.444 e. The summed E-state index contributed by atoms with van der Waals surface area (Å²) in [5, 5.41) is 3.71. The number of hydrogen-bond acceptors (Lipinski definition) is 5. The molecule has 2 heterocycles. The van der Waals surface area contributed by atoms with Gasteiger partial charge >= 0.3 is 6.09 Å². The van der Waals surface area contributed by atoms with Gasteiger partial charge in [0.05, 0.1) is 10.9 Å². The molecule has 2 amide bonds. The SMILES string of the molecule is CC(C)(C)OC(=O)N1CCC(NC(=O)CCCCCn2c(=S)[nH]c3ccccc3c2=O)CC1. The average Bonchev–Trinajstić information content (AvgIpc) is 2.75. The van der Waals surface area contributed by atoms with Gasteiger partial charge < -0.3 is 19.9 Å². The van der Waals surface area contributed by atoms with E-state index < -0.39 is 5.60 Å². The summed E-state index contributed by atoms with van der Waals surface area (Å²) >= 11 is 5.34. The molecule has 0 saturated carbocycles. The van der Waals surface area contributed by atoms with E-state index in [2.05, 4.69) is 10.3 Å². The second-order valence-corrected chi connectivity index (χ2v) is 9.94. The summed E-state index contributed by atoms with van der Waals surface area (Å²) in [5.74, 6) is 0.0332. The molecule has 1 fully saturated rings. The number of aromatic nitrogens is 2. The molecule has 1 aliphatic rings. The molecule has 3 rings (SSSR count). The van der Waals surface area contributed by atoms with Gasteiger partial charge in [0, 0.05) is 32.1 Å². The molecular formula is C24H34N4O4S.